The number of hydrogen-bond acceptors (Lipinski definition) is 4. The Morgan fingerprint density at radius 1 is 1.57 bits per heavy atom. The quantitative estimate of drug-likeness (QED) is 0.729. The molecule has 0 heterocycles. The highest BCUT2D eigenvalue weighted by molar-refractivity contribution is 7.92. The Morgan fingerprint density at radius 2 is 2.07 bits per heavy atom. The minimum Gasteiger partial charge on any atom is -0.481 e. The van der Waals surface area contributed by atoms with E-state index in [0.29, 0.717) is 0 Å². The highest BCUT2D eigenvalue weighted by Gasteiger charge is 2.31. The van der Waals surface area contributed by atoms with Crippen LogP contribution in [0.25, 0.3) is 0 Å². The van der Waals surface area contributed by atoms with Gasteiger partial charge in [-0.15, -0.1) is 0 Å². The fraction of sp³-hybridized carbons (Fsp3) is 0.750. The molecule has 0 spiro atoms. The van der Waals surface area contributed by atoms with Crippen molar-refractivity contribution in [2.24, 2.45) is 0 Å². The van der Waals surface area contributed by atoms with Gasteiger partial charge in [0.1, 0.15) is 5.25 Å². The van der Waals surface area contributed by atoms with Gasteiger partial charge >= 0.3 is 5.97 Å². The first-order valence-corrected chi connectivity index (χ1v) is 5.81. The van der Waals surface area contributed by atoms with E-state index in [-0.39, 0.29) is 6.42 Å². The molecule has 5 nitrogen and oxygen atoms in total. The molecule has 0 radical (unpaired) electrons. The molecule has 80 valence electrons. The highest BCUT2D eigenvalue weighted by Crippen LogP contribution is 2.14. The molecule has 0 saturated carbocycles. The number of hydrogen-bond donors (Lipinski definition) is 1. The van der Waals surface area contributed by atoms with Gasteiger partial charge < -0.3 is 5.11 Å². The molecule has 14 heavy (non-hydrogen) atoms. The van der Waals surface area contributed by atoms with Crippen LogP contribution in [0.4, 0.5) is 0 Å². The Labute approximate surface area is 83.3 Å². The summed E-state index contributed by atoms with van der Waals surface area (Å²) in [5.74, 6) is -1.17. The summed E-state index contributed by atoms with van der Waals surface area (Å²) >= 11 is 0. The van der Waals surface area contributed by atoms with E-state index in [9.17, 15) is 13.2 Å². The average Bonchev–Trinajstić information content (AvgIpc) is 2.04. The third kappa shape index (κ3) is 3.00. The van der Waals surface area contributed by atoms with Crippen molar-refractivity contribution in [3.05, 3.63) is 0 Å². The van der Waals surface area contributed by atoms with Gasteiger partial charge in [0.05, 0.1) is 17.7 Å². The van der Waals surface area contributed by atoms with Crippen molar-refractivity contribution in [2.75, 3.05) is 0 Å². The topological polar surface area (TPSA) is 95.2 Å². The largest absolute Gasteiger partial charge is 0.481 e. The average molecular weight is 219 g/mol. The van der Waals surface area contributed by atoms with Crippen molar-refractivity contribution >= 4 is 15.8 Å². The molecule has 0 rings (SSSR count). The molecule has 0 aromatic rings. The molecule has 0 aromatic carbocycles. The van der Waals surface area contributed by atoms with Gasteiger partial charge in [-0.05, 0) is 13.3 Å². The van der Waals surface area contributed by atoms with Gasteiger partial charge in [-0.2, -0.15) is 5.26 Å². The first-order chi connectivity index (χ1) is 6.36. The normalized spacial score (nSPS) is 15.5. The zero-order valence-corrected chi connectivity index (χ0v) is 8.91. The van der Waals surface area contributed by atoms with Crippen LogP contribution < -0.4 is 0 Å². The van der Waals surface area contributed by atoms with Gasteiger partial charge in [-0.1, -0.05) is 6.92 Å². The standard InChI is InChI=1S/C8H13NO4S/c1-3-7(5-9)14(12,13)6(2)4-8(10)11/h6-7H,3-4H2,1-2H3,(H,10,11). The maximum absolute atomic E-state index is 11.5. The van der Waals surface area contributed by atoms with Crippen molar-refractivity contribution in [3.8, 4) is 6.07 Å². The van der Waals surface area contributed by atoms with E-state index in [4.69, 9.17) is 10.4 Å². The fourth-order valence-corrected chi connectivity index (χ4v) is 2.59. The molecule has 0 bridgehead atoms. The summed E-state index contributed by atoms with van der Waals surface area (Å²) < 4.78 is 23.1. The molecule has 0 amide bonds. The van der Waals surface area contributed by atoms with E-state index in [0.717, 1.165) is 0 Å². The Balaban J connectivity index is 4.79. The number of carboxylic acid groups (broad SMARTS) is 1. The predicted molar refractivity (Wildman–Crippen MR) is 50.3 cm³/mol. The van der Waals surface area contributed by atoms with Gasteiger partial charge in [0, 0.05) is 0 Å². The second-order valence-electron chi connectivity index (χ2n) is 3.02. The van der Waals surface area contributed by atoms with Crippen LogP contribution in [0.2, 0.25) is 0 Å². The van der Waals surface area contributed by atoms with Crippen LogP contribution in [-0.2, 0) is 14.6 Å². The lowest BCUT2D eigenvalue weighted by Crippen LogP contribution is -2.30. The molecule has 0 aromatic heterocycles. The number of carbonyl (C=O) groups is 1. The second-order valence-corrected chi connectivity index (χ2v) is 5.58. The zero-order valence-electron chi connectivity index (χ0n) is 8.10. The van der Waals surface area contributed by atoms with Gasteiger partial charge in [-0.25, -0.2) is 8.42 Å². The summed E-state index contributed by atoms with van der Waals surface area (Å²) in [6.45, 7) is 2.89. The lowest BCUT2D eigenvalue weighted by Gasteiger charge is -2.13. The van der Waals surface area contributed by atoms with Crippen LogP contribution in [0.15, 0.2) is 0 Å². The van der Waals surface area contributed by atoms with Gasteiger partial charge in [0.15, 0.2) is 9.84 Å². The van der Waals surface area contributed by atoms with E-state index in [2.05, 4.69) is 0 Å². The van der Waals surface area contributed by atoms with Crippen molar-refractivity contribution in [2.45, 2.75) is 37.2 Å². The van der Waals surface area contributed by atoms with Crippen LogP contribution >= 0.6 is 0 Å². The summed E-state index contributed by atoms with van der Waals surface area (Å²) in [6.07, 6.45) is -0.274. The third-order valence-corrected chi connectivity index (χ3v) is 4.45. The molecule has 0 aliphatic heterocycles. The smallest absolute Gasteiger partial charge is 0.304 e. The number of aliphatic carboxylic acids is 1. The van der Waals surface area contributed by atoms with Crippen molar-refractivity contribution in [1.82, 2.24) is 0 Å². The van der Waals surface area contributed by atoms with Crippen molar-refractivity contribution < 1.29 is 18.3 Å². The Morgan fingerprint density at radius 3 is 2.36 bits per heavy atom. The summed E-state index contributed by atoms with van der Waals surface area (Å²) in [5.41, 5.74) is 0. The maximum Gasteiger partial charge on any atom is 0.304 e. The second kappa shape index (κ2) is 4.96. The van der Waals surface area contributed by atoms with E-state index < -0.39 is 32.7 Å². The zero-order chi connectivity index (χ0) is 11.4. The number of rotatable bonds is 5. The maximum atomic E-state index is 11.5. The molecular formula is C8H13NO4S. The van der Waals surface area contributed by atoms with Crippen LogP contribution in [0.3, 0.4) is 0 Å². The van der Waals surface area contributed by atoms with Crippen LogP contribution in [0.5, 0.6) is 0 Å². The van der Waals surface area contributed by atoms with Crippen LogP contribution in [0.1, 0.15) is 26.7 Å². The monoisotopic (exact) mass is 219 g/mol. The molecule has 0 fully saturated rings. The lowest BCUT2D eigenvalue weighted by molar-refractivity contribution is -0.136. The summed E-state index contributed by atoms with van der Waals surface area (Å²) in [7, 11) is -3.64. The van der Waals surface area contributed by atoms with E-state index in [1.165, 1.54) is 6.92 Å². The van der Waals surface area contributed by atoms with Crippen molar-refractivity contribution in [1.29, 1.82) is 5.26 Å². The van der Waals surface area contributed by atoms with E-state index >= 15 is 0 Å². The minimum atomic E-state index is -3.64. The van der Waals surface area contributed by atoms with Gasteiger partial charge in [-0.3, -0.25) is 4.79 Å². The van der Waals surface area contributed by atoms with E-state index in [1.54, 1.807) is 13.0 Å². The Hall–Kier alpha value is -1.09. The summed E-state index contributed by atoms with van der Waals surface area (Å²) in [5, 5.41) is 14.9. The first-order valence-electron chi connectivity index (χ1n) is 4.20. The number of nitrogens with zero attached hydrogens (tertiary/aromatic N) is 1. The number of nitriles is 1. The fourth-order valence-electron chi connectivity index (χ4n) is 1.04. The lowest BCUT2D eigenvalue weighted by atomic mass is 10.3. The first kappa shape index (κ1) is 12.9. The summed E-state index contributed by atoms with van der Waals surface area (Å²) in [4.78, 5) is 10.3. The Bertz CT molecular complexity index is 341. The molecule has 2 atom stereocenters. The summed E-state index contributed by atoms with van der Waals surface area (Å²) in [6, 6.07) is 1.67. The molecule has 2 unspecified atom stereocenters. The SMILES string of the molecule is CCC(C#N)S(=O)(=O)C(C)CC(=O)O. The molecule has 0 saturated heterocycles. The molecular weight excluding hydrogens is 206 g/mol. The van der Waals surface area contributed by atoms with Gasteiger partial charge in [0.25, 0.3) is 0 Å². The third-order valence-electron chi connectivity index (χ3n) is 1.93. The van der Waals surface area contributed by atoms with Gasteiger partial charge in [0.2, 0.25) is 0 Å². The predicted octanol–water partition coefficient (Wildman–Crippen LogP) is 0.567. The van der Waals surface area contributed by atoms with Crippen LogP contribution in [-0.4, -0.2) is 30.0 Å². The number of sulfone groups is 1. The molecule has 6 heteroatoms. The molecule has 0 aliphatic rings. The Kier molecular flexibility index (Phi) is 4.57. The van der Waals surface area contributed by atoms with Crippen molar-refractivity contribution in [3.63, 3.8) is 0 Å². The minimum absolute atomic E-state index is 0.183. The molecule has 0 aliphatic carbocycles. The van der Waals surface area contributed by atoms with E-state index in [1.807, 2.05) is 0 Å². The van der Waals surface area contributed by atoms with Crippen LogP contribution in [0, 0.1) is 11.3 Å². The highest BCUT2D eigenvalue weighted by atomic mass is 32.2. The molecule has 1 N–H and O–H groups in total. The number of carboxylic acids is 1.